The Labute approximate surface area is 195 Å². The van der Waals surface area contributed by atoms with E-state index in [1.54, 1.807) is 42.5 Å². The number of rotatable bonds is 6. The first-order valence-corrected chi connectivity index (χ1v) is 11.1. The molecule has 3 amide bonds. The summed E-state index contributed by atoms with van der Waals surface area (Å²) >= 11 is 6.24. The number of carbonyl (C=O) groups excluding carboxylic acids is 4. The number of imide groups is 1. The summed E-state index contributed by atoms with van der Waals surface area (Å²) in [4.78, 5) is 53.5. The average Bonchev–Trinajstić information content (AvgIpc) is 3.51. The second-order valence-corrected chi connectivity index (χ2v) is 8.89. The van der Waals surface area contributed by atoms with Gasteiger partial charge in [-0.3, -0.25) is 19.2 Å². The standard InChI is InChI=1S/C25H21ClN2O5/c1-33-17-6-4-5-14(12-17)20(29)13-27(23(30)18-7-2-3-8-19(18)26)28-24(31)21-15-9-10-16(11-15)22(21)25(28)32/h2-10,12,15-16,21-22H,11,13H2,1H3/t15-,16-,21-,22+/m0/s1. The number of ether oxygens (including phenoxy) is 1. The van der Waals surface area contributed by atoms with Gasteiger partial charge < -0.3 is 4.74 Å². The van der Waals surface area contributed by atoms with Gasteiger partial charge in [-0.1, -0.05) is 48.0 Å². The van der Waals surface area contributed by atoms with Crippen molar-refractivity contribution in [1.82, 2.24) is 10.0 Å². The number of hydrogen-bond donors (Lipinski definition) is 0. The number of hydrazine groups is 1. The molecule has 33 heavy (non-hydrogen) atoms. The topological polar surface area (TPSA) is 84.0 Å². The third kappa shape index (κ3) is 3.43. The van der Waals surface area contributed by atoms with Crippen LogP contribution in [0.4, 0.5) is 0 Å². The van der Waals surface area contributed by atoms with Crippen molar-refractivity contribution in [2.75, 3.05) is 13.7 Å². The molecule has 2 aromatic rings. The molecular formula is C25H21ClN2O5. The lowest BCUT2D eigenvalue weighted by Gasteiger charge is -2.31. The number of halogens is 1. The van der Waals surface area contributed by atoms with Crippen LogP contribution in [-0.4, -0.2) is 47.2 Å². The fraction of sp³-hybridized carbons (Fsp3) is 0.280. The van der Waals surface area contributed by atoms with Crippen molar-refractivity contribution in [3.63, 3.8) is 0 Å². The molecule has 7 nitrogen and oxygen atoms in total. The SMILES string of the molecule is COc1cccc(C(=O)CN(C(=O)c2ccccc2Cl)N2C(=O)[C@@H]3[C@H](C2=O)[C@H]2C=C[C@H]3C2)c1. The first kappa shape index (κ1) is 21.4. The van der Waals surface area contributed by atoms with Crippen LogP contribution in [0.25, 0.3) is 0 Å². The molecule has 8 heteroatoms. The quantitative estimate of drug-likeness (QED) is 0.371. The van der Waals surface area contributed by atoms with Crippen LogP contribution in [0.1, 0.15) is 27.1 Å². The minimum atomic E-state index is -0.682. The maximum atomic E-state index is 13.5. The highest BCUT2D eigenvalue weighted by Gasteiger charge is 2.61. The summed E-state index contributed by atoms with van der Waals surface area (Å²) in [7, 11) is 1.49. The number of allylic oxidation sites excluding steroid dienone is 2. The van der Waals surface area contributed by atoms with E-state index in [1.165, 1.54) is 13.2 Å². The van der Waals surface area contributed by atoms with Crippen molar-refractivity contribution in [2.24, 2.45) is 23.7 Å². The van der Waals surface area contributed by atoms with Gasteiger partial charge >= 0.3 is 0 Å². The normalized spacial score (nSPS) is 24.8. The molecule has 168 valence electrons. The largest absolute Gasteiger partial charge is 0.497 e. The van der Waals surface area contributed by atoms with Gasteiger partial charge in [-0.2, -0.15) is 5.01 Å². The Balaban J connectivity index is 1.51. The van der Waals surface area contributed by atoms with Crippen LogP contribution in [0.2, 0.25) is 5.02 Å². The summed E-state index contributed by atoms with van der Waals surface area (Å²) in [5, 5.41) is 2.00. The van der Waals surface area contributed by atoms with Crippen LogP contribution >= 0.6 is 11.6 Å². The Hall–Kier alpha value is -3.45. The van der Waals surface area contributed by atoms with E-state index in [0.29, 0.717) is 11.3 Å². The van der Waals surface area contributed by atoms with E-state index in [2.05, 4.69) is 0 Å². The van der Waals surface area contributed by atoms with E-state index >= 15 is 0 Å². The molecule has 3 aliphatic rings. The van der Waals surface area contributed by atoms with Gasteiger partial charge in [0, 0.05) is 5.56 Å². The van der Waals surface area contributed by atoms with Crippen molar-refractivity contribution in [3.8, 4) is 5.75 Å². The highest BCUT2D eigenvalue weighted by molar-refractivity contribution is 6.34. The predicted molar refractivity (Wildman–Crippen MR) is 119 cm³/mol. The molecular weight excluding hydrogens is 444 g/mol. The molecule has 2 bridgehead atoms. The number of ketones is 1. The zero-order valence-electron chi connectivity index (χ0n) is 17.8. The summed E-state index contributed by atoms with van der Waals surface area (Å²) in [6.45, 7) is -0.489. The van der Waals surface area contributed by atoms with Gasteiger partial charge in [0.15, 0.2) is 5.78 Å². The predicted octanol–water partition coefficient (Wildman–Crippen LogP) is 3.40. The maximum Gasteiger partial charge on any atom is 0.274 e. The number of Topliss-reactive ketones (excluding diaryl/α,β-unsaturated/α-hetero) is 1. The molecule has 1 aliphatic heterocycles. The molecule has 2 aromatic carbocycles. The second-order valence-electron chi connectivity index (χ2n) is 8.49. The van der Waals surface area contributed by atoms with Crippen molar-refractivity contribution >= 4 is 35.1 Å². The minimum absolute atomic E-state index is 0.0206. The Morgan fingerprint density at radius 1 is 1.03 bits per heavy atom. The zero-order chi connectivity index (χ0) is 23.3. The van der Waals surface area contributed by atoms with Crippen molar-refractivity contribution in [3.05, 3.63) is 76.8 Å². The van der Waals surface area contributed by atoms with Crippen LogP contribution in [0, 0.1) is 23.7 Å². The summed E-state index contributed by atoms with van der Waals surface area (Å²) in [6, 6.07) is 12.8. The molecule has 0 radical (unpaired) electrons. The summed E-state index contributed by atoms with van der Waals surface area (Å²) in [5.74, 6) is -2.56. The molecule has 2 aliphatic carbocycles. The van der Waals surface area contributed by atoms with E-state index in [4.69, 9.17) is 16.3 Å². The maximum absolute atomic E-state index is 13.5. The van der Waals surface area contributed by atoms with Gasteiger partial charge in [0.25, 0.3) is 17.7 Å². The van der Waals surface area contributed by atoms with Crippen LogP contribution in [0.5, 0.6) is 5.75 Å². The molecule has 0 unspecified atom stereocenters. The lowest BCUT2D eigenvalue weighted by Crippen LogP contribution is -2.52. The molecule has 0 aromatic heterocycles. The average molecular weight is 465 g/mol. The van der Waals surface area contributed by atoms with Crippen molar-refractivity contribution < 1.29 is 23.9 Å². The fourth-order valence-electron chi connectivity index (χ4n) is 5.16. The van der Waals surface area contributed by atoms with Gasteiger partial charge in [0.2, 0.25) is 0 Å². The highest BCUT2D eigenvalue weighted by atomic mass is 35.5. The van der Waals surface area contributed by atoms with E-state index in [0.717, 1.165) is 16.4 Å². The second kappa shape index (κ2) is 8.15. The molecule has 0 N–H and O–H groups in total. The number of hydrogen-bond acceptors (Lipinski definition) is 5. The Kier molecular flexibility index (Phi) is 5.29. The van der Waals surface area contributed by atoms with Crippen molar-refractivity contribution in [1.29, 1.82) is 0 Å². The molecule has 1 saturated carbocycles. The Morgan fingerprint density at radius 3 is 2.33 bits per heavy atom. The molecule has 1 heterocycles. The third-order valence-corrected chi connectivity index (χ3v) is 7.04. The summed E-state index contributed by atoms with van der Waals surface area (Å²) in [5.41, 5.74) is 0.406. The fourth-order valence-corrected chi connectivity index (χ4v) is 5.37. The van der Waals surface area contributed by atoms with E-state index in [1.807, 2.05) is 12.2 Å². The van der Waals surface area contributed by atoms with E-state index in [9.17, 15) is 19.2 Å². The smallest absolute Gasteiger partial charge is 0.274 e. The highest BCUT2D eigenvalue weighted by Crippen LogP contribution is 2.52. The number of benzene rings is 2. The van der Waals surface area contributed by atoms with Gasteiger partial charge in [0.05, 0.1) is 29.5 Å². The van der Waals surface area contributed by atoms with Gasteiger partial charge in [-0.05, 0) is 42.5 Å². The van der Waals surface area contributed by atoms with Crippen LogP contribution in [0.3, 0.4) is 0 Å². The monoisotopic (exact) mass is 464 g/mol. The number of fused-ring (bicyclic) bond motifs is 5. The molecule has 0 spiro atoms. The van der Waals surface area contributed by atoms with Crippen molar-refractivity contribution in [2.45, 2.75) is 6.42 Å². The Bertz CT molecular complexity index is 1180. The van der Waals surface area contributed by atoms with Gasteiger partial charge in [-0.15, -0.1) is 0 Å². The minimum Gasteiger partial charge on any atom is -0.497 e. The van der Waals surface area contributed by atoms with Crippen LogP contribution < -0.4 is 4.74 Å². The van der Waals surface area contributed by atoms with E-state index < -0.39 is 41.9 Å². The number of carbonyl (C=O) groups is 4. The summed E-state index contributed by atoms with van der Waals surface area (Å²) < 4.78 is 5.18. The summed E-state index contributed by atoms with van der Waals surface area (Å²) in [6.07, 6.45) is 4.71. The van der Waals surface area contributed by atoms with Crippen LogP contribution in [0.15, 0.2) is 60.7 Å². The first-order valence-electron chi connectivity index (χ1n) is 10.7. The molecule has 5 rings (SSSR count). The molecule has 2 fully saturated rings. The van der Waals surface area contributed by atoms with Gasteiger partial charge in [0.1, 0.15) is 12.3 Å². The van der Waals surface area contributed by atoms with E-state index in [-0.39, 0.29) is 22.4 Å². The Morgan fingerprint density at radius 2 is 1.70 bits per heavy atom. The molecule has 1 saturated heterocycles. The zero-order valence-corrected chi connectivity index (χ0v) is 18.6. The first-order chi connectivity index (χ1) is 15.9. The molecule has 4 atom stereocenters. The number of methoxy groups -OCH3 is 1. The number of nitrogens with zero attached hydrogens (tertiary/aromatic N) is 2. The van der Waals surface area contributed by atoms with Crippen LogP contribution in [-0.2, 0) is 9.59 Å². The van der Waals surface area contributed by atoms with Gasteiger partial charge in [-0.25, -0.2) is 5.01 Å². The number of amides is 3. The lowest BCUT2D eigenvalue weighted by molar-refractivity contribution is -0.154. The third-order valence-electron chi connectivity index (χ3n) is 6.71. The lowest BCUT2D eigenvalue weighted by atomic mass is 9.85.